The number of hydrogen-bond donors (Lipinski definition) is 0. The zero-order valence-corrected chi connectivity index (χ0v) is 14.6. The number of benzene rings is 1. The Morgan fingerprint density at radius 1 is 0.750 bits per heavy atom. The number of fused-ring (bicyclic) bond motifs is 1. The molecule has 0 N–H and O–H groups in total. The van der Waals surface area contributed by atoms with E-state index < -0.39 is 18.2 Å². The molecule has 0 radical (unpaired) electrons. The lowest BCUT2D eigenvalue weighted by Crippen LogP contribution is -2.20. The Kier molecular flexibility index (Phi) is 7.80. The summed E-state index contributed by atoms with van der Waals surface area (Å²) in [6, 6.07) is 6.63. The second-order valence-corrected chi connectivity index (χ2v) is 6.40. The molecule has 0 atom stereocenters. The van der Waals surface area contributed by atoms with Crippen LogP contribution >= 0.6 is 0 Å². The Bertz CT molecular complexity index is 501. The number of unbranched alkanes of at least 4 members (excludes halogenated alkanes) is 8. The minimum Gasteiger partial charge on any atom is -0.422 e. The zero-order valence-electron chi connectivity index (χ0n) is 14.6. The van der Waals surface area contributed by atoms with Crippen molar-refractivity contribution < 1.29 is 19.1 Å². The van der Waals surface area contributed by atoms with Gasteiger partial charge in [0.25, 0.3) is 0 Å². The van der Waals surface area contributed by atoms with Crippen molar-refractivity contribution in [3.8, 4) is 0 Å². The van der Waals surface area contributed by atoms with Crippen LogP contribution in [0.2, 0.25) is 0 Å². The van der Waals surface area contributed by atoms with Gasteiger partial charge in [-0.05, 0) is 18.6 Å². The van der Waals surface area contributed by atoms with E-state index in [0.29, 0.717) is 6.42 Å². The average molecular weight is 332 g/mol. The molecule has 0 aliphatic carbocycles. The van der Waals surface area contributed by atoms with E-state index in [0.717, 1.165) is 12.8 Å². The Hall–Kier alpha value is -1.84. The van der Waals surface area contributed by atoms with E-state index in [1.807, 2.05) is 0 Å². The summed E-state index contributed by atoms with van der Waals surface area (Å²) in [5.74, 6) is -0.949. The first-order valence-electron chi connectivity index (χ1n) is 9.23. The predicted octanol–water partition coefficient (Wildman–Crippen LogP) is 5.26. The highest BCUT2D eigenvalue weighted by molar-refractivity contribution is 6.04. The summed E-state index contributed by atoms with van der Waals surface area (Å²) in [6.45, 7) is 2.23. The van der Waals surface area contributed by atoms with E-state index in [-0.39, 0.29) is 11.1 Å². The smallest absolute Gasteiger partial charge is 0.342 e. The second kappa shape index (κ2) is 10.1. The average Bonchev–Trinajstić information content (AvgIpc) is 2.71. The van der Waals surface area contributed by atoms with Crippen molar-refractivity contribution in [3.05, 3.63) is 35.4 Å². The first kappa shape index (κ1) is 18.5. The molecule has 1 aliphatic heterocycles. The molecule has 0 unspecified atom stereocenters. The molecule has 0 aromatic heterocycles. The fourth-order valence-electron chi connectivity index (χ4n) is 2.97. The number of carbonyl (C=O) groups excluding carboxylic acids is 2. The van der Waals surface area contributed by atoms with Crippen molar-refractivity contribution in [2.45, 2.75) is 77.4 Å². The van der Waals surface area contributed by atoms with E-state index in [1.54, 1.807) is 24.3 Å². The molecule has 4 heteroatoms. The van der Waals surface area contributed by atoms with E-state index >= 15 is 0 Å². The lowest BCUT2D eigenvalue weighted by atomic mass is 10.1. The van der Waals surface area contributed by atoms with Crippen molar-refractivity contribution in [1.29, 1.82) is 0 Å². The maximum Gasteiger partial charge on any atom is 0.342 e. The molecule has 1 aromatic carbocycles. The molecule has 24 heavy (non-hydrogen) atoms. The topological polar surface area (TPSA) is 52.6 Å². The van der Waals surface area contributed by atoms with Gasteiger partial charge in [0.15, 0.2) is 0 Å². The largest absolute Gasteiger partial charge is 0.422 e. The number of hydrogen-bond acceptors (Lipinski definition) is 4. The molecule has 0 saturated carbocycles. The van der Waals surface area contributed by atoms with Crippen LogP contribution in [-0.2, 0) is 9.47 Å². The van der Waals surface area contributed by atoms with Gasteiger partial charge in [-0.2, -0.15) is 0 Å². The lowest BCUT2D eigenvalue weighted by Gasteiger charge is -2.14. The van der Waals surface area contributed by atoms with Crippen LogP contribution in [0, 0.1) is 0 Å². The third kappa shape index (κ3) is 5.66. The molecular weight excluding hydrogens is 304 g/mol. The molecule has 2 rings (SSSR count). The molecule has 1 heterocycles. The van der Waals surface area contributed by atoms with Crippen LogP contribution in [0.5, 0.6) is 0 Å². The molecule has 4 nitrogen and oxygen atoms in total. The Balaban J connectivity index is 1.66. The minimum absolute atomic E-state index is 0.289. The summed E-state index contributed by atoms with van der Waals surface area (Å²) in [5, 5.41) is 0. The summed E-state index contributed by atoms with van der Waals surface area (Å²) in [7, 11) is 0. The third-order valence-corrected chi connectivity index (χ3v) is 4.39. The molecule has 1 aliphatic rings. The van der Waals surface area contributed by atoms with E-state index in [2.05, 4.69) is 6.92 Å². The number of esters is 2. The number of cyclic esters (lactones) is 2. The number of carbonyl (C=O) groups is 2. The summed E-state index contributed by atoms with van der Waals surface area (Å²) < 4.78 is 10.6. The maximum atomic E-state index is 12.1. The van der Waals surface area contributed by atoms with Gasteiger partial charge in [0.05, 0.1) is 11.1 Å². The minimum atomic E-state index is -0.762. The monoisotopic (exact) mass is 332 g/mol. The second-order valence-electron chi connectivity index (χ2n) is 6.40. The van der Waals surface area contributed by atoms with E-state index in [4.69, 9.17) is 9.47 Å². The standard InChI is InChI=1S/C20H28O4/c1-2-3-4-5-6-7-8-9-10-15-18-23-19(21)16-13-11-12-14-17(16)20(22)24-18/h11-14,18H,2-10,15H2,1H3. The quantitative estimate of drug-likeness (QED) is 0.433. The lowest BCUT2D eigenvalue weighted by molar-refractivity contribution is -0.0801. The molecule has 0 saturated heterocycles. The van der Waals surface area contributed by atoms with Crippen LogP contribution in [0.15, 0.2) is 24.3 Å². The molecule has 0 fully saturated rings. The Labute approximate surface area is 144 Å². The van der Waals surface area contributed by atoms with Crippen LogP contribution in [-0.4, -0.2) is 18.2 Å². The highest BCUT2D eigenvalue weighted by Gasteiger charge is 2.29. The fourth-order valence-corrected chi connectivity index (χ4v) is 2.97. The van der Waals surface area contributed by atoms with Crippen molar-refractivity contribution >= 4 is 11.9 Å². The van der Waals surface area contributed by atoms with Crippen molar-refractivity contribution in [2.24, 2.45) is 0 Å². The summed E-state index contributed by atoms with van der Waals surface area (Å²) >= 11 is 0. The van der Waals surface area contributed by atoms with Gasteiger partial charge >= 0.3 is 11.9 Å². The zero-order chi connectivity index (χ0) is 17.2. The molecule has 1 aromatic rings. The number of rotatable bonds is 10. The van der Waals surface area contributed by atoms with Gasteiger partial charge in [0.2, 0.25) is 6.29 Å². The van der Waals surface area contributed by atoms with Gasteiger partial charge in [-0.1, -0.05) is 70.4 Å². The summed E-state index contributed by atoms with van der Waals surface area (Å²) in [5.41, 5.74) is 0.578. The Morgan fingerprint density at radius 3 is 1.71 bits per heavy atom. The van der Waals surface area contributed by atoms with Crippen LogP contribution < -0.4 is 0 Å². The van der Waals surface area contributed by atoms with Crippen LogP contribution in [0.25, 0.3) is 0 Å². The van der Waals surface area contributed by atoms with E-state index in [9.17, 15) is 9.59 Å². The van der Waals surface area contributed by atoms with Crippen LogP contribution in [0.1, 0.15) is 91.8 Å². The van der Waals surface area contributed by atoms with Gasteiger partial charge in [-0.25, -0.2) is 9.59 Å². The molecule has 0 bridgehead atoms. The van der Waals surface area contributed by atoms with Crippen molar-refractivity contribution in [3.63, 3.8) is 0 Å². The molecule has 0 spiro atoms. The maximum absolute atomic E-state index is 12.1. The molecular formula is C20H28O4. The third-order valence-electron chi connectivity index (χ3n) is 4.39. The van der Waals surface area contributed by atoms with Crippen molar-refractivity contribution in [2.75, 3.05) is 0 Å². The van der Waals surface area contributed by atoms with Gasteiger partial charge in [-0.15, -0.1) is 0 Å². The van der Waals surface area contributed by atoms with E-state index in [1.165, 1.54) is 44.9 Å². The highest BCUT2D eigenvalue weighted by Crippen LogP contribution is 2.21. The van der Waals surface area contributed by atoms with Gasteiger partial charge < -0.3 is 9.47 Å². The molecule has 0 amide bonds. The predicted molar refractivity (Wildman–Crippen MR) is 92.9 cm³/mol. The summed E-state index contributed by atoms with van der Waals surface area (Å²) in [6.07, 6.45) is 10.8. The van der Waals surface area contributed by atoms with Crippen LogP contribution in [0.3, 0.4) is 0 Å². The fraction of sp³-hybridized carbons (Fsp3) is 0.600. The summed E-state index contributed by atoms with van der Waals surface area (Å²) in [4.78, 5) is 24.1. The number of ether oxygens (including phenoxy) is 2. The van der Waals surface area contributed by atoms with Gasteiger partial charge in [0, 0.05) is 6.42 Å². The SMILES string of the molecule is CCCCCCCCCCCC1OC(=O)c2ccccc2C(=O)O1. The Morgan fingerprint density at radius 2 is 1.21 bits per heavy atom. The van der Waals surface area contributed by atoms with Crippen LogP contribution in [0.4, 0.5) is 0 Å². The normalized spacial score (nSPS) is 14.7. The van der Waals surface area contributed by atoms with Gasteiger partial charge in [-0.3, -0.25) is 0 Å². The van der Waals surface area contributed by atoms with Gasteiger partial charge in [0.1, 0.15) is 0 Å². The first-order valence-corrected chi connectivity index (χ1v) is 9.23. The molecule has 132 valence electrons. The first-order chi connectivity index (χ1) is 11.7. The van der Waals surface area contributed by atoms with Crippen molar-refractivity contribution in [1.82, 2.24) is 0 Å². The highest BCUT2D eigenvalue weighted by atomic mass is 16.7.